The Bertz CT molecular complexity index is 366. The summed E-state index contributed by atoms with van der Waals surface area (Å²) in [4.78, 5) is 11.3. The minimum absolute atomic E-state index is 0.142. The molecular weight excluding hydrogens is 204 g/mol. The molecule has 0 aliphatic heterocycles. The predicted octanol–water partition coefficient (Wildman–Crippen LogP) is 1.68. The smallest absolute Gasteiger partial charge is 0.339 e. The van der Waals surface area contributed by atoms with Gasteiger partial charge >= 0.3 is 5.97 Å². The van der Waals surface area contributed by atoms with Crippen molar-refractivity contribution >= 4 is 28.9 Å². The zero-order valence-electron chi connectivity index (χ0n) is 7.71. The molecule has 0 spiro atoms. The predicted molar refractivity (Wildman–Crippen MR) is 56.2 cm³/mol. The highest BCUT2D eigenvalue weighted by Crippen LogP contribution is 2.29. The van der Waals surface area contributed by atoms with Crippen LogP contribution in [0.4, 0.5) is 11.4 Å². The molecule has 1 rings (SSSR count). The lowest BCUT2D eigenvalue weighted by atomic mass is 10.2. The molecule has 0 aliphatic carbocycles. The van der Waals surface area contributed by atoms with Crippen molar-refractivity contribution in [2.45, 2.75) is 6.92 Å². The summed E-state index contributed by atoms with van der Waals surface area (Å²) in [5.74, 6) is -0.496. The van der Waals surface area contributed by atoms with Gasteiger partial charge in [-0.1, -0.05) is 11.6 Å². The van der Waals surface area contributed by atoms with E-state index in [1.165, 1.54) is 12.1 Å². The minimum atomic E-state index is -0.496. The summed E-state index contributed by atoms with van der Waals surface area (Å²) in [7, 11) is 0. The molecule has 0 amide bonds. The Labute approximate surface area is 86.8 Å². The van der Waals surface area contributed by atoms with Crippen LogP contribution in [0, 0.1) is 0 Å². The van der Waals surface area contributed by atoms with Gasteiger partial charge in [0.25, 0.3) is 0 Å². The maximum Gasteiger partial charge on any atom is 0.339 e. The van der Waals surface area contributed by atoms with Crippen LogP contribution >= 0.6 is 11.6 Å². The third-order valence-electron chi connectivity index (χ3n) is 1.71. The number of esters is 1. The van der Waals surface area contributed by atoms with Gasteiger partial charge in [-0.05, 0) is 19.1 Å². The van der Waals surface area contributed by atoms with Crippen LogP contribution in [0.25, 0.3) is 0 Å². The highest BCUT2D eigenvalue weighted by Gasteiger charge is 2.14. The lowest BCUT2D eigenvalue weighted by molar-refractivity contribution is 0.0526. The second-order valence-corrected chi connectivity index (χ2v) is 3.03. The molecule has 0 aromatic heterocycles. The molecule has 1 aromatic carbocycles. The Balaban J connectivity index is 3.11. The Kier molecular flexibility index (Phi) is 3.19. The second kappa shape index (κ2) is 4.19. The van der Waals surface area contributed by atoms with Crippen LogP contribution in [0.1, 0.15) is 17.3 Å². The number of nitrogen functional groups attached to an aromatic ring is 2. The first kappa shape index (κ1) is 10.7. The summed E-state index contributed by atoms with van der Waals surface area (Å²) >= 11 is 5.82. The Morgan fingerprint density at radius 1 is 1.50 bits per heavy atom. The number of carbonyl (C=O) groups is 1. The first-order valence-corrected chi connectivity index (χ1v) is 4.46. The lowest BCUT2D eigenvalue weighted by Gasteiger charge is -2.07. The summed E-state index contributed by atoms with van der Waals surface area (Å²) in [6, 6.07) is 3.01. The van der Waals surface area contributed by atoms with E-state index in [-0.39, 0.29) is 16.3 Å². The van der Waals surface area contributed by atoms with Gasteiger partial charge in [0.1, 0.15) is 0 Å². The van der Waals surface area contributed by atoms with Gasteiger partial charge in [-0.2, -0.15) is 0 Å². The van der Waals surface area contributed by atoms with E-state index < -0.39 is 5.97 Å². The summed E-state index contributed by atoms with van der Waals surface area (Å²) in [6.45, 7) is 2.01. The first-order chi connectivity index (χ1) is 6.57. The third kappa shape index (κ3) is 1.90. The second-order valence-electron chi connectivity index (χ2n) is 2.65. The van der Waals surface area contributed by atoms with E-state index in [4.69, 9.17) is 27.8 Å². The van der Waals surface area contributed by atoms with Gasteiger partial charge in [-0.15, -0.1) is 0 Å². The zero-order chi connectivity index (χ0) is 10.7. The maximum atomic E-state index is 11.3. The summed E-state index contributed by atoms with van der Waals surface area (Å²) in [6.07, 6.45) is 0. The van der Waals surface area contributed by atoms with Crippen molar-refractivity contribution in [3.63, 3.8) is 0 Å². The number of anilines is 2. The minimum Gasteiger partial charge on any atom is -0.462 e. The molecule has 0 fully saturated rings. The third-order valence-corrected chi connectivity index (χ3v) is 2.12. The summed E-state index contributed by atoms with van der Waals surface area (Å²) < 4.78 is 4.78. The van der Waals surface area contributed by atoms with E-state index in [0.717, 1.165) is 0 Å². The van der Waals surface area contributed by atoms with Gasteiger partial charge in [0.15, 0.2) is 0 Å². The fourth-order valence-corrected chi connectivity index (χ4v) is 1.22. The lowest BCUT2D eigenvalue weighted by Crippen LogP contribution is -2.07. The maximum absolute atomic E-state index is 11.3. The molecular formula is C9H11ClN2O2. The molecule has 4 nitrogen and oxygen atoms in total. The SMILES string of the molecule is CCOC(=O)c1ccc(N)c(N)c1Cl. The van der Waals surface area contributed by atoms with Crippen LogP contribution in [0.3, 0.4) is 0 Å². The molecule has 1 aromatic rings. The van der Waals surface area contributed by atoms with Crippen molar-refractivity contribution in [3.05, 3.63) is 22.7 Å². The van der Waals surface area contributed by atoms with Crippen molar-refractivity contribution in [2.75, 3.05) is 18.1 Å². The molecule has 0 bridgehead atoms. The normalized spacial score (nSPS) is 9.86. The van der Waals surface area contributed by atoms with Crippen LogP contribution in [0.2, 0.25) is 5.02 Å². The van der Waals surface area contributed by atoms with E-state index in [0.29, 0.717) is 12.3 Å². The van der Waals surface area contributed by atoms with Crippen molar-refractivity contribution in [1.82, 2.24) is 0 Å². The molecule has 0 heterocycles. The Morgan fingerprint density at radius 2 is 2.14 bits per heavy atom. The van der Waals surface area contributed by atoms with E-state index in [2.05, 4.69) is 0 Å². The van der Waals surface area contributed by atoms with Crippen LogP contribution in [0.5, 0.6) is 0 Å². The molecule has 0 aliphatic rings. The number of hydrogen-bond acceptors (Lipinski definition) is 4. The largest absolute Gasteiger partial charge is 0.462 e. The fraction of sp³-hybridized carbons (Fsp3) is 0.222. The van der Waals surface area contributed by atoms with Crippen LogP contribution in [-0.4, -0.2) is 12.6 Å². The van der Waals surface area contributed by atoms with E-state index in [1.54, 1.807) is 6.92 Å². The quantitative estimate of drug-likeness (QED) is 0.580. The molecule has 0 atom stereocenters. The number of hydrogen-bond donors (Lipinski definition) is 2. The number of benzene rings is 1. The fourth-order valence-electron chi connectivity index (χ4n) is 0.974. The monoisotopic (exact) mass is 214 g/mol. The first-order valence-electron chi connectivity index (χ1n) is 4.08. The number of nitrogens with two attached hydrogens (primary N) is 2. The van der Waals surface area contributed by atoms with Crippen LogP contribution < -0.4 is 11.5 Å². The number of carbonyl (C=O) groups excluding carboxylic acids is 1. The zero-order valence-corrected chi connectivity index (χ0v) is 8.47. The van der Waals surface area contributed by atoms with Crippen molar-refractivity contribution in [3.8, 4) is 0 Å². The molecule has 76 valence electrons. The molecule has 5 heteroatoms. The molecule has 0 saturated carbocycles. The highest BCUT2D eigenvalue weighted by molar-refractivity contribution is 6.36. The van der Waals surface area contributed by atoms with Gasteiger partial charge in [0.2, 0.25) is 0 Å². The standard InChI is InChI=1S/C9H11ClN2O2/c1-2-14-9(13)5-3-4-6(11)8(12)7(5)10/h3-4H,2,11-12H2,1H3. The average molecular weight is 215 g/mol. The molecule has 0 unspecified atom stereocenters. The highest BCUT2D eigenvalue weighted by atomic mass is 35.5. The van der Waals surface area contributed by atoms with Gasteiger partial charge in [0.05, 0.1) is 28.6 Å². The van der Waals surface area contributed by atoms with Gasteiger partial charge < -0.3 is 16.2 Å². The van der Waals surface area contributed by atoms with E-state index >= 15 is 0 Å². The van der Waals surface area contributed by atoms with Gasteiger partial charge in [-0.3, -0.25) is 0 Å². The number of halogens is 1. The van der Waals surface area contributed by atoms with Crippen molar-refractivity contribution in [2.24, 2.45) is 0 Å². The van der Waals surface area contributed by atoms with Crippen LogP contribution in [-0.2, 0) is 4.74 Å². The van der Waals surface area contributed by atoms with Crippen molar-refractivity contribution in [1.29, 1.82) is 0 Å². The van der Waals surface area contributed by atoms with E-state index in [9.17, 15) is 4.79 Å². The number of rotatable bonds is 2. The molecule has 0 radical (unpaired) electrons. The number of ether oxygens (including phenoxy) is 1. The molecule has 4 N–H and O–H groups in total. The van der Waals surface area contributed by atoms with Crippen molar-refractivity contribution < 1.29 is 9.53 Å². The Hall–Kier alpha value is -1.42. The average Bonchev–Trinajstić information content (AvgIpc) is 2.15. The molecule has 14 heavy (non-hydrogen) atoms. The topological polar surface area (TPSA) is 78.3 Å². The summed E-state index contributed by atoms with van der Waals surface area (Å²) in [5, 5.41) is 0.142. The van der Waals surface area contributed by atoms with Gasteiger partial charge in [-0.25, -0.2) is 4.79 Å². The van der Waals surface area contributed by atoms with Gasteiger partial charge in [0, 0.05) is 0 Å². The Morgan fingerprint density at radius 3 is 2.71 bits per heavy atom. The molecule has 0 saturated heterocycles. The van der Waals surface area contributed by atoms with E-state index in [1.807, 2.05) is 0 Å². The van der Waals surface area contributed by atoms with Crippen LogP contribution in [0.15, 0.2) is 12.1 Å². The summed E-state index contributed by atoms with van der Waals surface area (Å²) in [5.41, 5.74) is 11.8.